The minimum Gasteiger partial charge on any atom is -0.474 e. The van der Waals surface area contributed by atoms with Crippen LogP contribution in [0.15, 0.2) is 30.6 Å². The fourth-order valence-electron chi connectivity index (χ4n) is 4.20. The fraction of sp³-hybridized carbons (Fsp3) is 0.522. The second-order valence-corrected chi connectivity index (χ2v) is 9.38. The second-order valence-electron chi connectivity index (χ2n) is 8.50. The van der Waals surface area contributed by atoms with Gasteiger partial charge in [-0.15, -0.1) is 0 Å². The first-order valence-corrected chi connectivity index (χ1v) is 12.4. The van der Waals surface area contributed by atoms with Crippen LogP contribution in [0.3, 0.4) is 0 Å². The van der Waals surface area contributed by atoms with Crippen LogP contribution >= 0.6 is 0 Å². The van der Waals surface area contributed by atoms with Gasteiger partial charge in [-0.25, -0.2) is 14.8 Å². The molecule has 34 heavy (non-hydrogen) atoms. The first kappa shape index (κ1) is 24.4. The Balaban J connectivity index is 1.36. The van der Waals surface area contributed by atoms with Gasteiger partial charge in [0.2, 0.25) is 11.8 Å². The molecule has 2 aliphatic rings. The van der Waals surface area contributed by atoms with Gasteiger partial charge in [0, 0.05) is 31.3 Å². The van der Waals surface area contributed by atoms with E-state index in [0.29, 0.717) is 55.7 Å². The molecule has 3 heterocycles. The molecular formula is C23H29N3O7S. The van der Waals surface area contributed by atoms with E-state index in [4.69, 9.17) is 17.8 Å². The molecule has 1 amide bonds. The van der Waals surface area contributed by atoms with E-state index >= 15 is 0 Å². The van der Waals surface area contributed by atoms with Crippen molar-refractivity contribution in [2.45, 2.75) is 51.7 Å². The highest BCUT2D eigenvalue weighted by atomic mass is 32.2. The number of likely N-dealkylation sites (tertiary alicyclic amines) is 1. The third kappa shape index (κ3) is 6.02. The van der Waals surface area contributed by atoms with Crippen molar-refractivity contribution in [2.24, 2.45) is 5.92 Å². The second kappa shape index (κ2) is 11.1. The number of amides is 1. The highest BCUT2D eigenvalue weighted by Crippen LogP contribution is 2.31. The molecule has 1 aromatic heterocycles. The molecule has 0 unspecified atom stereocenters. The SMILES string of the molecule is CC[C@@H]1C[C@H](Oc2ncnc(Oc3ccc(CC4COS(=O)OC4)cc3)c2C)CCN1C(=O)O. The van der Waals surface area contributed by atoms with Gasteiger partial charge in [-0.3, -0.25) is 8.37 Å². The summed E-state index contributed by atoms with van der Waals surface area (Å²) in [6.07, 6.45) is 3.12. The molecular weight excluding hydrogens is 462 g/mol. The number of hydrogen-bond donors (Lipinski definition) is 1. The van der Waals surface area contributed by atoms with Crippen LogP contribution in [0.25, 0.3) is 0 Å². The molecule has 1 aromatic carbocycles. The van der Waals surface area contributed by atoms with Crippen LogP contribution in [0, 0.1) is 12.8 Å². The molecule has 10 nitrogen and oxygen atoms in total. The highest BCUT2D eigenvalue weighted by molar-refractivity contribution is 7.75. The van der Waals surface area contributed by atoms with Crippen LogP contribution in [0.2, 0.25) is 0 Å². The van der Waals surface area contributed by atoms with Crippen molar-refractivity contribution >= 4 is 17.5 Å². The molecule has 1 N–H and O–H groups in total. The van der Waals surface area contributed by atoms with Crippen molar-refractivity contribution < 1.29 is 31.9 Å². The van der Waals surface area contributed by atoms with Crippen molar-refractivity contribution in [3.63, 3.8) is 0 Å². The van der Waals surface area contributed by atoms with Gasteiger partial charge in [0.25, 0.3) is 0 Å². The van der Waals surface area contributed by atoms with Crippen LogP contribution in [0.1, 0.15) is 37.3 Å². The van der Waals surface area contributed by atoms with Crippen LogP contribution in [0.5, 0.6) is 17.5 Å². The standard InChI is InChI=1S/C23H29N3O7S/c1-3-18-11-20(8-9-26(18)23(27)28)33-22-15(2)21(24-14-25-22)32-19-6-4-16(5-7-19)10-17-12-30-34(29)31-13-17/h4-7,14,17-18,20H,3,8-13H2,1-2H3,(H,27,28)/t17?,18-,20-,34?/m1/s1. The van der Waals surface area contributed by atoms with Gasteiger partial charge in [-0.2, -0.15) is 4.21 Å². The number of hydrogen-bond acceptors (Lipinski definition) is 8. The van der Waals surface area contributed by atoms with Gasteiger partial charge >= 0.3 is 17.5 Å². The zero-order valence-electron chi connectivity index (χ0n) is 19.2. The highest BCUT2D eigenvalue weighted by Gasteiger charge is 2.32. The number of piperidine rings is 1. The Morgan fingerprint density at radius 2 is 1.91 bits per heavy atom. The van der Waals surface area contributed by atoms with Gasteiger partial charge in [0.15, 0.2) is 0 Å². The van der Waals surface area contributed by atoms with Crippen molar-refractivity contribution in [3.8, 4) is 17.5 Å². The van der Waals surface area contributed by atoms with E-state index in [1.165, 1.54) is 11.2 Å². The third-order valence-corrected chi connectivity index (χ3v) is 6.77. The summed E-state index contributed by atoms with van der Waals surface area (Å²) in [6.45, 7) is 5.07. The van der Waals surface area contributed by atoms with E-state index < -0.39 is 17.5 Å². The summed E-state index contributed by atoms with van der Waals surface area (Å²) in [6, 6.07) is 7.61. The molecule has 2 atom stereocenters. The van der Waals surface area contributed by atoms with Gasteiger partial charge in [0.1, 0.15) is 18.2 Å². The maximum absolute atomic E-state index is 11.4. The van der Waals surface area contributed by atoms with Gasteiger partial charge in [-0.05, 0) is 37.5 Å². The lowest BCUT2D eigenvalue weighted by Crippen LogP contribution is -2.48. The number of benzene rings is 1. The molecule has 0 bridgehead atoms. The molecule has 0 saturated carbocycles. The summed E-state index contributed by atoms with van der Waals surface area (Å²) in [7, 11) is 0. The van der Waals surface area contributed by atoms with Crippen molar-refractivity contribution in [2.75, 3.05) is 19.8 Å². The van der Waals surface area contributed by atoms with E-state index in [-0.39, 0.29) is 18.1 Å². The van der Waals surface area contributed by atoms with Crippen LogP contribution in [-0.4, -0.2) is 62.2 Å². The van der Waals surface area contributed by atoms with Crippen LogP contribution in [-0.2, 0) is 26.1 Å². The first-order chi connectivity index (χ1) is 16.4. The number of aromatic nitrogens is 2. The minimum absolute atomic E-state index is 0.0680. The monoisotopic (exact) mass is 491 g/mol. The molecule has 0 spiro atoms. The number of rotatable bonds is 7. The molecule has 2 aliphatic heterocycles. The summed E-state index contributed by atoms with van der Waals surface area (Å²) in [4.78, 5) is 21.4. The molecule has 4 rings (SSSR count). The summed E-state index contributed by atoms with van der Waals surface area (Å²) in [5.41, 5.74) is 1.78. The molecule has 2 saturated heterocycles. The summed E-state index contributed by atoms with van der Waals surface area (Å²) in [5, 5.41) is 9.37. The molecule has 184 valence electrons. The molecule has 0 radical (unpaired) electrons. The topological polar surface area (TPSA) is 120 Å². The van der Waals surface area contributed by atoms with Crippen LogP contribution in [0.4, 0.5) is 4.79 Å². The largest absolute Gasteiger partial charge is 0.474 e. The Morgan fingerprint density at radius 1 is 1.21 bits per heavy atom. The number of nitrogens with zero attached hydrogens (tertiary/aromatic N) is 3. The first-order valence-electron chi connectivity index (χ1n) is 11.4. The average Bonchev–Trinajstić information content (AvgIpc) is 2.84. The summed E-state index contributed by atoms with van der Waals surface area (Å²) < 4.78 is 33.3. The smallest absolute Gasteiger partial charge is 0.407 e. The number of carboxylic acid groups (broad SMARTS) is 1. The van der Waals surface area contributed by atoms with Gasteiger partial charge in [-0.1, -0.05) is 19.1 Å². The zero-order valence-corrected chi connectivity index (χ0v) is 20.0. The molecule has 2 fully saturated rings. The molecule has 11 heteroatoms. The average molecular weight is 492 g/mol. The number of ether oxygens (including phenoxy) is 2. The van der Waals surface area contributed by atoms with Crippen molar-refractivity contribution in [1.82, 2.24) is 14.9 Å². The van der Waals surface area contributed by atoms with E-state index in [1.807, 2.05) is 38.1 Å². The minimum atomic E-state index is -1.63. The van der Waals surface area contributed by atoms with Crippen LogP contribution < -0.4 is 9.47 Å². The van der Waals surface area contributed by atoms with Crippen molar-refractivity contribution in [1.29, 1.82) is 0 Å². The van der Waals surface area contributed by atoms with E-state index in [0.717, 1.165) is 18.4 Å². The molecule has 0 aliphatic carbocycles. The van der Waals surface area contributed by atoms with E-state index in [9.17, 15) is 14.1 Å². The maximum atomic E-state index is 11.4. The Labute approximate surface area is 201 Å². The maximum Gasteiger partial charge on any atom is 0.407 e. The van der Waals surface area contributed by atoms with Gasteiger partial charge in [0.05, 0.1) is 18.8 Å². The third-order valence-electron chi connectivity index (χ3n) is 6.12. The quantitative estimate of drug-likeness (QED) is 0.618. The lowest BCUT2D eigenvalue weighted by Gasteiger charge is -2.37. The summed E-state index contributed by atoms with van der Waals surface area (Å²) in [5.74, 6) is 1.64. The van der Waals surface area contributed by atoms with Crippen molar-refractivity contribution in [3.05, 3.63) is 41.7 Å². The molecule has 2 aromatic rings. The lowest BCUT2D eigenvalue weighted by molar-refractivity contribution is 0.0507. The van der Waals surface area contributed by atoms with E-state index in [1.54, 1.807) is 0 Å². The zero-order chi connectivity index (χ0) is 24.1. The predicted octanol–water partition coefficient (Wildman–Crippen LogP) is 3.66. The van der Waals surface area contributed by atoms with E-state index in [2.05, 4.69) is 9.97 Å². The normalized spacial score (nSPS) is 25.1. The Morgan fingerprint density at radius 3 is 2.59 bits per heavy atom. The fourth-order valence-corrected chi connectivity index (χ4v) is 4.88. The summed E-state index contributed by atoms with van der Waals surface area (Å²) >= 11 is -1.63. The van der Waals surface area contributed by atoms with Gasteiger partial charge < -0.3 is 19.5 Å². The number of carbonyl (C=O) groups is 1. The Hall–Kier alpha value is -2.76. The Bertz CT molecular complexity index is 1010. The predicted molar refractivity (Wildman–Crippen MR) is 123 cm³/mol. The lowest BCUT2D eigenvalue weighted by atomic mass is 9.98. The Kier molecular flexibility index (Phi) is 7.96.